The van der Waals surface area contributed by atoms with Crippen molar-refractivity contribution in [2.24, 2.45) is 10.9 Å². The fraction of sp³-hybridized carbons (Fsp3) is 0.550. The van der Waals surface area contributed by atoms with E-state index in [1.54, 1.807) is 0 Å². The molecule has 2 aromatic rings. The van der Waals surface area contributed by atoms with Crippen LogP contribution in [0, 0.1) is 5.92 Å². The van der Waals surface area contributed by atoms with Gasteiger partial charge in [0.25, 0.3) is 0 Å². The van der Waals surface area contributed by atoms with Crippen LogP contribution in [0.5, 0.6) is 0 Å². The first-order chi connectivity index (χ1) is 12.4. The van der Waals surface area contributed by atoms with Gasteiger partial charge >= 0.3 is 0 Å². The molecule has 2 N–H and O–H groups in total. The van der Waals surface area contributed by atoms with Gasteiger partial charge < -0.3 is 19.9 Å². The van der Waals surface area contributed by atoms with Crippen LogP contribution in [0.25, 0.3) is 10.9 Å². The summed E-state index contributed by atoms with van der Waals surface area (Å²) in [5.41, 5.74) is 1.30. The van der Waals surface area contributed by atoms with E-state index in [0.717, 1.165) is 57.6 Å². The molecule has 0 amide bonds. The monoisotopic (exact) mass is 470 g/mol. The summed E-state index contributed by atoms with van der Waals surface area (Å²) in [6.45, 7) is 4.59. The van der Waals surface area contributed by atoms with E-state index in [0.29, 0.717) is 0 Å². The van der Waals surface area contributed by atoms with Gasteiger partial charge in [-0.05, 0) is 49.1 Å². The van der Waals surface area contributed by atoms with Crippen molar-refractivity contribution in [2.45, 2.75) is 32.2 Å². The van der Waals surface area contributed by atoms with Crippen molar-refractivity contribution < 1.29 is 4.74 Å². The fourth-order valence-electron chi connectivity index (χ4n) is 2.93. The number of para-hydroxylation sites is 1. The highest BCUT2D eigenvalue weighted by Crippen LogP contribution is 2.28. The number of benzene rings is 1. The number of hydrogen-bond acceptors (Lipinski definition) is 2. The molecule has 26 heavy (non-hydrogen) atoms. The van der Waals surface area contributed by atoms with Gasteiger partial charge in [0, 0.05) is 51.6 Å². The van der Waals surface area contributed by atoms with Crippen molar-refractivity contribution in [3.05, 3.63) is 36.5 Å². The van der Waals surface area contributed by atoms with E-state index in [-0.39, 0.29) is 24.0 Å². The first-order valence-electron chi connectivity index (χ1n) is 9.43. The molecule has 1 aliphatic carbocycles. The SMILES string of the molecule is CN=C(NCCCOCC1CC1)NCCCn1ccc2ccccc21.I. The van der Waals surface area contributed by atoms with Gasteiger partial charge in [0.15, 0.2) is 5.96 Å². The molecule has 144 valence electrons. The Morgan fingerprint density at radius 3 is 2.69 bits per heavy atom. The lowest BCUT2D eigenvalue weighted by molar-refractivity contribution is 0.123. The van der Waals surface area contributed by atoms with E-state index in [2.05, 4.69) is 56.7 Å². The predicted octanol–water partition coefficient (Wildman–Crippen LogP) is 3.63. The third-order valence-electron chi connectivity index (χ3n) is 4.58. The average molecular weight is 470 g/mol. The number of aromatic nitrogens is 1. The molecular formula is C20H31IN4O. The Morgan fingerprint density at radius 1 is 1.15 bits per heavy atom. The van der Waals surface area contributed by atoms with Gasteiger partial charge in [-0.3, -0.25) is 4.99 Å². The fourth-order valence-corrected chi connectivity index (χ4v) is 2.93. The third kappa shape index (κ3) is 6.79. The zero-order valence-corrected chi connectivity index (χ0v) is 17.9. The number of nitrogens with zero attached hydrogens (tertiary/aromatic N) is 2. The Hall–Kier alpha value is -1.28. The Kier molecular flexibility index (Phi) is 9.25. The summed E-state index contributed by atoms with van der Waals surface area (Å²) in [5.74, 6) is 1.72. The number of fused-ring (bicyclic) bond motifs is 1. The molecular weight excluding hydrogens is 439 g/mol. The molecule has 0 radical (unpaired) electrons. The second-order valence-electron chi connectivity index (χ2n) is 6.72. The number of nitrogens with one attached hydrogen (secondary N) is 2. The highest BCUT2D eigenvalue weighted by molar-refractivity contribution is 14.0. The molecule has 3 rings (SSSR count). The maximum atomic E-state index is 5.64. The minimum atomic E-state index is 0. The quantitative estimate of drug-likeness (QED) is 0.241. The van der Waals surface area contributed by atoms with Gasteiger partial charge in [0.1, 0.15) is 0 Å². The second-order valence-corrected chi connectivity index (χ2v) is 6.72. The van der Waals surface area contributed by atoms with Gasteiger partial charge in [-0.2, -0.15) is 0 Å². The summed E-state index contributed by atoms with van der Waals surface area (Å²) in [6, 6.07) is 10.7. The molecule has 1 saturated carbocycles. The largest absolute Gasteiger partial charge is 0.381 e. The molecule has 1 heterocycles. The van der Waals surface area contributed by atoms with E-state index < -0.39 is 0 Å². The molecule has 0 atom stereocenters. The number of ether oxygens (including phenoxy) is 1. The van der Waals surface area contributed by atoms with Gasteiger partial charge in [0.05, 0.1) is 0 Å². The van der Waals surface area contributed by atoms with Crippen LogP contribution in [0.15, 0.2) is 41.5 Å². The number of halogens is 1. The minimum absolute atomic E-state index is 0. The summed E-state index contributed by atoms with van der Waals surface area (Å²) >= 11 is 0. The van der Waals surface area contributed by atoms with Gasteiger partial charge in [0.2, 0.25) is 0 Å². The Labute approximate surface area is 173 Å². The minimum Gasteiger partial charge on any atom is -0.381 e. The van der Waals surface area contributed by atoms with E-state index in [1.807, 2.05) is 7.05 Å². The first-order valence-corrected chi connectivity index (χ1v) is 9.43. The summed E-state index contributed by atoms with van der Waals surface area (Å²) < 4.78 is 7.95. The molecule has 1 aromatic carbocycles. The number of aliphatic imine (C=N–C) groups is 1. The lowest BCUT2D eigenvalue weighted by Gasteiger charge is -2.12. The summed E-state index contributed by atoms with van der Waals surface area (Å²) in [4.78, 5) is 4.28. The van der Waals surface area contributed by atoms with E-state index >= 15 is 0 Å². The van der Waals surface area contributed by atoms with Crippen LogP contribution >= 0.6 is 24.0 Å². The van der Waals surface area contributed by atoms with Gasteiger partial charge in [-0.25, -0.2) is 0 Å². The molecule has 1 fully saturated rings. The standard InChI is InChI=1S/C20H30N4O.HI/c1-21-20(23-12-5-15-25-16-17-8-9-17)22-11-4-13-24-14-10-18-6-2-3-7-19(18)24;/h2-3,6-7,10,14,17H,4-5,8-9,11-13,15-16H2,1H3,(H2,21,22,23);1H. The van der Waals surface area contributed by atoms with Crippen LogP contribution in [-0.2, 0) is 11.3 Å². The molecule has 1 aliphatic rings. The molecule has 0 bridgehead atoms. The smallest absolute Gasteiger partial charge is 0.190 e. The lowest BCUT2D eigenvalue weighted by Crippen LogP contribution is -2.38. The molecule has 0 aliphatic heterocycles. The first kappa shape index (κ1) is 21.0. The third-order valence-corrected chi connectivity index (χ3v) is 4.58. The molecule has 1 aromatic heterocycles. The van der Waals surface area contributed by atoms with Gasteiger partial charge in [-0.1, -0.05) is 18.2 Å². The van der Waals surface area contributed by atoms with E-state index in [4.69, 9.17) is 4.74 Å². The number of hydrogen-bond donors (Lipinski definition) is 2. The van der Waals surface area contributed by atoms with Crippen molar-refractivity contribution in [1.82, 2.24) is 15.2 Å². The van der Waals surface area contributed by atoms with Crippen LogP contribution < -0.4 is 10.6 Å². The van der Waals surface area contributed by atoms with Crippen molar-refractivity contribution in [3.63, 3.8) is 0 Å². The average Bonchev–Trinajstić information content (AvgIpc) is 3.38. The van der Waals surface area contributed by atoms with Crippen LogP contribution in [-0.4, -0.2) is 43.9 Å². The molecule has 0 saturated heterocycles. The highest BCUT2D eigenvalue weighted by Gasteiger charge is 2.20. The molecule has 5 nitrogen and oxygen atoms in total. The normalized spacial score (nSPS) is 14.3. The molecule has 0 unspecified atom stereocenters. The molecule has 6 heteroatoms. The Morgan fingerprint density at radius 2 is 1.92 bits per heavy atom. The summed E-state index contributed by atoms with van der Waals surface area (Å²) in [5, 5.41) is 8.03. The summed E-state index contributed by atoms with van der Waals surface area (Å²) in [7, 11) is 1.82. The number of aryl methyl sites for hydroxylation is 1. The topological polar surface area (TPSA) is 50.6 Å². The van der Waals surface area contributed by atoms with Crippen LogP contribution in [0.1, 0.15) is 25.7 Å². The van der Waals surface area contributed by atoms with Gasteiger partial charge in [-0.15, -0.1) is 24.0 Å². The Bertz CT molecular complexity index is 681. The second kappa shape index (κ2) is 11.4. The van der Waals surface area contributed by atoms with Crippen LogP contribution in [0.3, 0.4) is 0 Å². The van der Waals surface area contributed by atoms with Crippen molar-refractivity contribution >= 4 is 40.8 Å². The Balaban J connectivity index is 0.00000243. The van der Waals surface area contributed by atoms with E-state index in [9.17, 15) is 0 Å². The molecule has 0 spiro atoms. The zero-order chi connectivity index (χ0) is 17.3. The predicted molar refractivity (Wildman–Crippen MR) is 119 cm³/mol. The number of guanidine groups is 1. The highest BCUT2D eigenvalue weighted by atomic mass is 127. The van der Waals surface area contributed by atoms with Crippen molar-refractivity contribution in [3.8, 4) is 0 Å². The lowest BCUT2D eigenvalue weighted by atomic mass is 10.2. The number of rotatable bonds is 10. The zero-order valence-electron chi connectivity index (χ0n) is 15.6. The summed E-state index contributed by atoms with van der Waals surface area (Å²) in [6.07, 6.45) is 6.95. The maximum absolute atomic E-state index is 5.64. The van der Waals surface area contributed by atoms with Crippen LogP contribution in [0.2, 0.25) is 0 Å². The van der Waals surface area contributed by atoms with Crippen LogP contribution in [0.4, 0.5) is 0 Å². The van der Waals surface area contributed by atoms with Crippen molar-refractivity contribution in [1.29, 1.82) is 0 Å². The van der Waals surface area contributed by atoms with Crippen molar-refractivity contribution in [2.75, 3.05) is 33.4 Å². The maximum Gasteiger partial charge on any atom is 0.190 e. The van der Waals surface area contributed by atoms with E-state index in [1.165, 1.54) is 23.7 Å².